The molecule has 0 heterocycles. The molecule has 0 aliphatic carbocycles. The molecule has 0 bridgehead atoms. The zero-order chi connectivity index (χ0) is 16.1. The van der Waals surface area contributed by atoms with Crippen LogP contribution < -0.4 is 10.1 Å². The fourth-order valence-corrected chi connectivity index (χ4v) is 2.29. The lowest BCUT2D eigenvalue weighted by atomic mass is 10.1. The Morgan fingerprint density at radius 1 is 1.05 bits per heavy atom. The van der Waals surface area contributed by atoms with Crippen LogP contribution in [0, 0.1) is 0 Å². The second kappa shape index (κ2) is 7.29. The van der Waals surface area contributed by atoms with Crippen molar-refractivity contribution in [2.24, 2.45) is 0 Å². The van der Waals surface area contributed by atoms with Crippen molar-refractivity contribution in [2.45, 2.75) is 6.92 Å². The number of nitrogens with one attached hydrogen (secondary N) is 1. The summed E-state index contributed by atoms with van der Waals surface area (Å²) in [6, 6.07) is 11.5. The molecular weight excluding hydrogens is 325 g/mol. The SMILES string of the molecule is CC(=O)Nc1ccc(C(=O)COc2c(Cl)cccc2Cl)cc1. The number of hydrogen-bond donors (Lipinski definition) is 1. The van der Waals surface area contributed by atoms with E-state index in [1.807, 2.05) is 0 Å². The Morgan fingerprint density at radius 3 is 2.18 bits per heavy atom. The van der Waals surface area contributed by atoms with E-state index < -0.39 is 0 Å². The van der Waals surface area contributed by atoms with Crippen molar-refractivity contribution in [1.29, 1.82) is 0 Å². The molecule has 0 spiro atoms. The summed E-state index contributed by atoms with van der Waals surface area (Å²) < 4.78 is 5.40. The van der Waals surface area contributed by atoms with Crippen molar-refractivity contribution in [3.63, 3.8) is 0 Å². The van der Waals surface area contributed by atoms with Gasteiger partial charge >= 0.3 is 0 Å². The summed E-state index contributed by atoms with van der Waals surface area (Å²) in [7, 11) is 0. The molecule has 114 valence electrons. The highest BCUT2D eigenvalue weighted by molar-refractivity contribution is 6.37. The third-order valence-corrected chi connectivity index (χ3v) is 3.39. The van der Waals surface area contributed by atoms with Crippen molar-refractivity contribution < 1.29 is 14.3 Å². The lowest BCUT2D eigenvalue weighted by molar-refractivity contribution is -0.114. The molecule has 4 nitrogen and oxygen atoms in total. The van der Waals surface area contributed by atoms with Crippen LogP contribution in [0.1, 0.15) is 17.3 Å². The van der Waals surface area contributed by atoms with Gasteiger partial charge in [-0.15, -0.1) is 0 Å². The maximum Gasteiger partial charge on any atom is 0.221 e. The average Bonchev–Trinajstić information content (AvgIpc) is 2.46. The topological polar surface area (TPSA) is 55.4 Å². The van der Waals surface area contributed by atoms with Crippen LogP contribution in [0.2, 0.25) is 10.0 Å². The van der Waals surface area contributed by atoms with Gasteiger partial charge in [0.05, 0.1) is 10.0 Å². The number of hydrogen-bond acceptors (Lipinski definition) is 3. The molecule has 0 saturated carbocycles. The number of benzene rings is 2. The fraction of sp³-hybridized carbons (Fsp3) is 0.125. The molecule has 0 aliphatic rings. The molecule has 0 aliphatic heterocycles. The molecule has 0 saturated heterocycles. The average molecular weight is 338 g/mol. The normalized spacial score (nSPS) is 10.1. The largest absolute Gasteiger partial charge is 0.482 e. The van der Waals surface area contributed by atoms with Gasteiger partial charge in [0.15, 0.2) is 18.1 Å². The number of halogens is 2. The lowest BCUT2D eigenvalue weighted by Crippen LogP contribution is -2.12. The van der Waals surface area contributed by atoms with Crippen LogP contribution in [0.3, 0.4) is 0 Å². The summed E-state index contributed by atoms with van der Waals surface area (Å²) in [5.41, 5.74) is 1.09. The van der Waals surface area contributed by atoms with Crippen LogP contribution in [0.5, 0.6) is 5.75 Å². The van der Waals surface area contributed by atoms with Gasteiger partial charge in [0.1, 0.15) is 0 Å². The first-order valence-electron chi connectivity index (χ1n) is 6.45. The molecule has 22 heavy (non-hydrogen) atoms. The van der Waals surface area contributed by atoms with Crippen LogP contribution in [-0.4, -0.2) is 18.3 Å². The smallest absolute Gasteiger partial charge is 0.221 e. The second-order valence-electron chi connectivity index (χ2n) is 4.52. The van der Waals surface area contributed by atoms with Crippen molar-refractivity contribution in [2.75, 3.05) is 11.9 Å². The first-order valence-corrected chi connectivity index (χ1v) is 7.20. The van der Waals surface area contributed by atoms with E-state index in [1.54, 1.807) is 42.5 Å². The quantitative estimate of drug-likeness (QED) is 0.831. The minimum absolute atomic E-state index is 0.171. The molecule has 2 aromatic carbocycles. The zero-order valence-electron chi connectivity index (χ0n) is 11.7. The lowest BCUT2D eigenvalue weighted by Gasteiger charge is -2.09. The predicted octanol–water partition coefficient (Wildman–Crippen LogP) is 4.21. The van der Waals surface area contributed by atoms with Crippen molar-refractivity contribution >= 4 is 40.6 Å². The van der Waals surface area contributed by atoms with Gasteiger partial charge in [-0.2, -0.15) is 0 Å². The van der Waals surface area contributed by atoms with Crippen molar-refractivity contribution in [3.05, 3.63) is 58.1 Å². The summed E-state index contributed by atoms with van der Waals surface area (Å²) in [6.07, 6.45) is 0. The van der Waals surface area contributed by atoms with Crippen molar-refractivity contribution in [1.82, 2.24) is 0 Å². The number of rotatable bonds is 5. The number of ether oxygens (including phenoxy) is 1. The summed E-state index contributed by atoms with van der Waals surface area (Å²) in [6.45, 7) is 1.24. The van der Waals surface area contributed by atoms with E-state index in [9.17, 15) is 9.59 Å². The summed E-state index contributed by atoms with van der Waals surface area (Å²) >= 11 is 11.9. The van der Waals surface area contributed by atoms with Gasteiger partial charge in [0, 0.05) is 18.2 Å². The third-order valence-electron chi connectivity index (χ3n) is 2.79. The molecule has 2 rings (SSSR count). The number of Topliss-reactive ketones (excluding diaryl/α,β-unsaturated/α-hetero) is 1. The number of para-hydroxylation sites is 1. The Balaban J connectivity index is 2.02. The summed E-state index contributed by atoms with van der Waals surface area (Å²) in [5.74, 6) is -0.102. The van der Waals surface area contributed by atoms with Gasteiger partial charge in [0.25, 0.3) is 0 Å². The molecule has 6 heteroatoms. The number of carbonyl (C=O) groups is 2. The Morgan fingerprint density at radius 2 is 1.64 bits per heavy atom. The molecule has 2 aromatic rings. The molecule has 0 radical (unpaired) electrons. The van der Waals surface area contributed by atoms with Gasteiger partial charge in [-0.05, 0) is 36.4 Å². The van der Waals surface area contributed by atoms with E-state index in [-0.39, 0.29) is 24.0 Å². The highest BCUT2D eigenvalue weighted by Gasteiger charge is 2.11. The Labute approximate surface area is 138 Å². The van der Waals surface area contributed by atoms with E-state index in [2.05, 4.69) is 5.32 Å². The van der Waals surface area contributed by atoms with Crippen LogP contribution in [0.25, 0.3) is 0 Å². The van der Waals surface area contributed by atoms with E-state index in [0.29, 0.717) is 21.3 Å². The van der Waals surface area contributed by atoms with Crippen LogP contribution in [0.15, 0.2) is 42.5 Å². The standard InChI is InChI=1S/C16H13Cl2NO3/c1-10(20)19-12-7-5-11(6-8-12)15(21)9-22-16-13(17)3-2-4-14(16)18/h2-8H,9H2,1H3,(H,19,20). The molecule has 1 N–H and O–H groups in total. The number of ketones is 1. The summed E-state index contributed by atoms with van der Waals surface area (Å²) in [5, 5.41) is 3.32. The maximum atomic E-state index is 12.1. The molecular formula is C16H13Cl2NO3. The number of carbonyl (C=O) groups excluding carboxylic acids is 2. The van der Waals surface area contributed by atoms with Gasteiger partial charge in [0.2, 0.25) is 5.91 Å². The highest BCUT2D eigenvalue weighted by Crippen LogP contribution is 2.32. The van der Waals surface area contributed by atoms with Gasteiger partial charge in [-0.25, -0.2) is 0 Å². The van der Waals surface area contributed by atoms with Crippen LogP contribution in [0.4, 0.5) is 5.69 Å². The highest BCUT2D eigenvalue weighted by atomic mass is 35.5. The second-order valence-corrected chi connectivity index (χ2v) is 5.34. The Kier molecular flexibility index (Phi) is 5.41. The van der Waals surface area contributed by atoms with E-state index in [0.717, 1.165) is 0 Å². The Hall–Kier alpha value is -2.04. The van der Waals surface area contributed by atoms with Gasteiger partial charge in [-0.1, -0.05) is 29.3 Å². The van der Waals surface area contributed by atoms with E-state index >= 15 is 0 Å². The fourth-order valence-electron chi connectivity index (χ4n) is 1.78. The molecule has 0 unspecified atom stereocenters. The van der Waals surface area contributed by atoms with Crippen LogP contribution in [-0.2, 0) is 4.79 Å². The van der Waals surface area contributed by atoms with Crippen LogP contribution >= 0.6 is 23.2 Å². The molecule has 0 atom stereocenters. The maximum absolute atomic E-state index is 12.1. The molecule has 0 fully saturated rings. The predicted molar refractivity (Wildman–Crippen MR) is 87.0 cm³/mol. The third kappa shape index (κ3) is 4.23. The Bertz CT molecular complexity index is 679. The van der Waals surface area contributed by atoms with E-state index in [1.165, 1.54) is 6.92 Å². The van der Waals surface area contributed by atoms with Gasteiger partial charge < -0.3 is 10.1 Å². The minimum atomic E-state index is -0.217. The number of anilines is 1. The zero-order valence-corrected chi connectivity index (χ0v) is 13.2. The van der Waals surface area contributed by atoms with Gasteiger partial charge in [-0.3, -0.25) is 9.59 Å². The summed E-state index contributed by atoms with van der Waals surface area (Å²) in [4.78, 5) is 23.0. The first-order chi connectivity index (χ1) is 10.5. The minimum Gasteiger partial charge on any atom is -0.482 e. The monoisotopic (exact) mass is 337 g/mol. The van der Waals surface area contributed by atoms with E-state index in [4.69, 9.17) is 27.9 Å². The number of amides is 1. The molecule has 0 aromatic heterocycles. The molecule has 1 amide bonds. The first kappa shape index (κ1) is 16.3. The van der Waals surface area contributed by atoms with Crippen molar-refractivity contribution in [3.8, 4) is 5.75 Å².